The summed E-state index contributed by atoms with van der Waals surface area (Å²) in [6.07, 6.45) is 0. The molecule has 0 aliphatic carbocycles. The van der Waals surface area contributed by atoms with Crippen LogP contribution in [-0.4, -0.2) is 12.7 Å². The molecule has 2 heterocycles. The van der Waals surface area contributed by atoms with Crippen molar-refractivity contribution in [2.45, 2.75) is 0 Å². The molecule has 0 fully saturated rings. The molecule has 1 amide bonds. The van der Waals surface area contributed by atoms with Crippen LogP contribution in [-0.2, 0) is 0 Å². The predicted octanol–water partition coefficient (Wildman–Crippen LogP) is 3.62. The number of nitrogen functional groups attached to an aromatic ring is 1. The van der Waals surface area contributed by atoms with Crippen LogP contribution in [0.25, 0.3) is 0 Å². The van der Waals surface area contributed by atoms with Gasteiger partial charge in [0, 0.05) is 12.1 Å². The van der Waals surface area contributed by atoms with Crippen LogP contribution in [0, 0.1) is 0 Å². The van der Waals surface area contributed by atoms with Crippen molar-refractivity contribution >= 4 is 51.8 Å². The molecule has 1 aromatic heterocycles. The molecule has 3 N–H and O–H groups in total. The van der Waals surface area contributed by atoms with Crippen molar-refractivity contribution in [3.8, 4) is 11.5 Å². The molecule has 0 saturated heterocycles. The molecule has 0 atom stereocenters. The van der Waals surface area contributed by atoms with Crippen LogP contribution in [0.15, 0.2) is 18.2 Å². The molecule has 20 heavy (non-hydrogen) atoms. The molecule has 104 valence electrons. The molecule has 0 unspecified atom stereocenters. The Morgan fingerprint density at radius 2 is 1.95 bits per heavy atom. The smallest absolute Gasteiger partial charge is 0.258 e. The van der Waals surface area contributed by atoms with E-state index in [9.17, 15) is 4.79 Å². The largest absolute Gasteiger partial charge is 0.454 e. The summed E-state index contributed by atoms with van der Waals surface area (Å²) in [5.41, 5.74) is 6.96. The molecule has 5 nitrogen and oxygen atoms in total. The zero-order chi connectivity index (χ0) is 14.3. The number of halogens is 2. The van der Waals surface area contributed by atoms with E-state index in [1.165, 1.54) is 6.07 Å². The lowest BCUT2D eigenvalue weighted by atomic mass is 10.2. The summed E-state index contributed by atoms with van der Waals surface area (Å²) in [7, 11) is 0. The quantitative estimate of drug-likeness (QED) is 0.825. The van der Waals surface area contributed by atoms with E-state index in [1.54, 1.807) is 12.1 Å². The second-order valence-electron chi connectivity index (χ2n) is 3.98. The van der Waals surface area contributed by atoms with Gasteiger partial charge in [-0.1, -0.05) is 23.2 Å². The van der Waals surface area contributed by atoms with Crippen molar-refractivity contribution < 1.29 is 14.3 Å². The predicted molar refractivity (Wildman–Crippen MR) is 79.3 cm³/mol. The van der Waals surface area contributed by atoms with Crippen LogP contribution in [0.4, 0.5) is 11.4 Å². The summed E-state index contributed by atoms with van der Waals surface area (Å²) in [5, 5.41) is 2.67. The molecule has 3 rings (SSSR count). The van der Waals surface area contributed by atoms with Gasteiger partial charge in [0.05, 0.1) is 21.3 Å². The Balaban J connectivity index is 1.88. The van der Waals surface area contributed by atoms with E-state index in [1.807, 2.05) is 0 Å². The van der Waals surface area contributed by atoms with Crippen LogP contribution in [0.5, 0.6) is 11.5 Å². The first-order valence-electron chi connectivity index (χ1n) is 5.50. The highest BCUT2D eigenvalue weighted by molar-refractivity contribution is 7.20. The molecule has 8 heteroatoms. The SMILES string of the molecule is Nc1cc2c(cc1NC(=O)c1cc(Cl)sc1Cl)OCO2. The lowest BCUT2D eigenvalue weighted by Gasteiger charge is -2.08. The lowest BCUT2D eigenvalue weighted by molar-refractivity contribution is 0.102. The van der Waals surface area contributed by atoms with E-state index in [0.717, 1.165) is 11.3 Å². The maximum Gasteiger partial charge on any atom is 0.258 e. The van der Waals surface area contributed by atoms with Gasteiger partial charge in [-0.05, 0) is 6.07 Å². The Morgan fingerprint density at radius 3 is 2.60 bits per heavy atom. The number of ether oxygens (including phenoxy) is 2. The van der Waals surface area contributed by atoms with Gasteiger partial charge < -0.3 is 20.5 Å². The van der Waals surface area contributed by atoms with Gasteiger partial charge in [-0.25, -0.2) is 0 Å². The zero-order valence-corrected chi connectivity index (χ0v) is 12.2. The van der Waals surface area contributed by atoms with Gasteiger partial charge in [0.25, 0.3) is 5.91 Å². The normalized spacial score (nSPS) is 12.5. The number of hydrogen-bond donors (Lipinski definition) is 2. The summed E-state index contributed by atoms with van der Waals surface area (Å²) in [6, 6.07) is 4.71. The fraction of sp³-hybridized carbons (Fsp3) is 0.0833. The third kappa shape index (κ3) is 2.37. The number of benzene rings is 1. The second kappa shape index (κ2) is 5.05. The first-order chi connectivity index (χ1) is 9.54. The number of hydrogen-bond acceptors (Lipinski definition) is 5. The monoisotopic (exact) mass is 330 g/mol. The summed E-state index contributed by atoms with van der Waals surface area (Å²) < 4.78 is 11.2. The van der Waals surface area contributed by atoms with Gasteiger partial charge in [-0.15, -0.1) is 11.3 Å². The summed E-state index contributed by atoms with van der Waals surface area (Å²) >= 11 is 12.9. The van der Waals surface area contributed by atoms with Gasteiger partial charge in [-0.2, -0.15) is 0 Å². The van der Waals surface area contributed by atoms with Gasteiger partial charge in [-0.3, -0.25) is 4.79 Å². The molecular weight excluding hydrogens is 323 g/mol. The molecule has 0 spiro atoms. The minimum Gasteiger partial charge on any atom is -0.454 e. The fourth-order valence-corrected chi connectivity index (χ4v) is 3.21. The molecule has 0 saturated carbocycles. The average Bonchev–Trinajstić information content (AvgIpc) is 2.95. The fourth-order valence-electron chi connectivity index (χ4n) is 1.75. The third-order valence-electron chi connectivity index (χ3n) is 2.69. The van der Waals surface area contributed by atoms with Crippen molar-refractivity contribution in [1.29, 1.82) is 0 Å². The Kier molecular flexibility index (Phi) is 3.37. The number of fused-ring (bicyclic) bond motifs is 1. The number of thiophene rings is 1. The Hall–Kier alpha value is -1.63. The average molecular weight is 331 g/mol. The second-order valence-corrected chi connectivity index (χ2v) is 6.27. The molecular formula is C12H8Cl2N2O3S. The highest BCUT2D eigenvalue weighted by atomic mass is 35.5. The topological polar surface area (TPSA) is 73.6 Å². The lowest BCUT2D eigenvalue weighted by Crippen LogP contribution is -2.12. The van der Waals surface area contributed by atoms with Gasteiger partial charge in [0.15, 0.2) is 11.5 Å². The molecule has 1 aliphatic heterocycles. The van der Waals surface area contributed by atoms with E-state index >= 15 is 0 Å². The maximum atomic E-state index is 12.1. The summed E-state index contributed by atoms with van der Waals surface area (Å²) in [4.78, 5) is 12.1. The van der Waals surface area contributed by atoms with Crippen LogP contribution in [0.1, 0.15) is 10.4 Å². The molecule has 1 aliphatic rings. The maximum absolute atomic E-state index is 12.1. The van der Waals surface area contributed by atoms with Crippen molar-refractivity contribution in [1.82, 2.24) is 0 Å². The number of carbonyl (C=O) groups is 1. The minimum absolute atomic E-state index is 0.137. The molecule has 0 bridgehead atoms. The van der Waals surface area contributed by atoms with E-state index in [0.29, 0.717) is 37.1 Å². The number of rotatable bonds is 2. The van der Waals surface area contributed by atoms with Gasteiger partial charge in [0.1, 0.15) is 4.34 Å². The third-order valence-corrected chi connectivity index (χ3v) is 4.18. The van der Waals surface area contributed by atoms with Crippen molar-refractivity contribution in [2.75, 3.05) is 17.8 Å². The minimum atomic E-state index is -0.385. The highest BCUT2D eigenvalue weighted by Crippen LogP contribution is 2.39. The first kappa shape index (κ1) is 13.4. The van der Waals surface area contributed by atoms with E-state index in [4.69, 9.17) is 38.4 Å². The molecule has 1 aromatic carbocycles. The number of carbonyl (C=O) groups excluding carboxylic acids is 1. The Labute approximate surface area is 128 Å². The van der Waals surface area contributed by atoms with Crippen LogP contribution >= 0.6 is 34.5 Å². The van der Waals surface area contributed by atoms with E-state index < -0.39 is 0 Å². The number of nitrogens with one attached hydrogen (secondary N) is 1. The van der Waals surface area contributed by atoms with Crippen molar-refractivity contribution in [2.24, 2.45) is 0 Å². The first-order valence-corrected chi connectivity index (χ1v) is 7.07. The Morgan fingerprint density at radius 1 is 1.25 bits per heavy atom. The number of anilines is 2. The van der Waals surface area contributed by atoms with Crippen molar-refractivity contribution in [3.63, 3.8) is 0 Å². The summed E-state index contributed by atoms with van der Waals surface area (Å²) in [5.74, 6) is 0.699. The summed E-state index contributed by atoms with van der Waals surface area (Å²) in [6.45, 7) is 0.137. The zero-order valence-electron chi connectivity index (χ0n) is 9.91. The van der Waals surface area contributed by atoms with E-state index in [2.05, 4.69) is 5.32 Å². The molecule has 0 radical (unpaired) electrons. The van der Waals surface area contributed by atoms with Crippen molar-refractivity contribution in [3.05, 3.63) is 32.4 Å². The highest BCUT2D eigenvalue weighted by Gasteiger charge is 2.19. The van der Waals surface area contributed by atoms with Gasteiger partial charge >= 0.3 is 0 Å². The van der Waals surface area contributed by atoms with Crippen LogP contribution in [0.3, 0.4) is 0 Å². The van der Waals surface area contributed by atoms with E-state index in [-0.39, 0.29) is 12.7 Å². The van der Waals surface area contributed by atoms with Crippen LogP contribution in [0.2, 0.25) is 8.67 Å². The van der Waals surface area contributed by atoms with Crippen LogP contribution < -0.4 is 20.5 Å². The molecule has 2 aromatic rings. The van der Waals surface area contributed by atoms with Gasteiger partial charge in [0.2, 0.25) is 6.79 Å². The Bertz CT molecular complexity index is 702. The number of nitrogens with two attached hydrogens (primary N) is 1. The number of amides is 1. The standard InChI is InChI=1S/C12H8Cl2N2O3S/c13-10-1-5(11(14)20-10)12(17)16-7-3-9-8(2-6(7)15)18-4-19-9/h1-3H,4,15H2,(H,16,17).